The molecule has 5 aromatic carbocycles. The smallest absolute Gasteiger partial charge is 0.407 e. The van der Waals surface area contributed by atoms with E-state index in [1.54, 1.807) is 65.5 Å². The van der Waals surface area contributed by atoms with Gasteiger partial charge < -0.3 is 48.9 Å². The van der Waals surface area contributed by atoms with Crippen molar-refractivity contribution in [2.75, 3.05) is 68.7 Å². The van der Waals surface area contributed by atoms with E-state index in [4.69, 9.17) is 28.4 Å². The Bertz CT molecular complexity index is 3710. The van der Waals surface area contributed by atoms with Crippen molar-refractivity contribution in [1.29, 1.82) is 0 Å². The van der Waals surface area contributed by atoms with Crippen molar-refractivity contribution in [3.63, 3.8) is 0 Å². The van der Waals surface area contributed by atoms with Crippen LogP contribution in [0.15, 0.2) is 115 Å². The molecule has 93 heavy (non-hydrogen) atoms. The van der Waals surface area contributed by atoms with Crippen LogP contribution in [0.5, 0.6) is 17.2 Å². The van der Waals surface area contributed by atoms with Gasteiger partial charge in [-0.2, -0.15) is 0 Å². The second-order valence-corrected chi connectivity index (χ2v) is 39.0. The number of ether oxygens (including phenoxy) is 6. The Morgan fingerprint density at radius 2 is 1.16 bits per heavy atom. The van der Waals surface area contributed by atoms with Gasteiger partial charge in [0.2, 0.25) is 5.91 Å². The zero-order chi connectivity index (χ0) is 66.6. The Kier molecular flexibility index (Phi) is 20.7. The third-order valence-electron chi connectivity index (χ3n) is 17.8. The van der Waals surface area contributed by atoms with Crippen molar-refractivity contribution in [1.82, 2.24) is 15.1 Å². The number of amides is 6. The third-order valence-corrected chi connectivity index (χ3v) is 21.2. The van der Waals surface area contributed by atoms with Crippen molar-refractivity contribution in [3.05, 3.63) is 148 Å². The highest BCUT2D eigenvalue weighted by Gasteiger charge is 2.45. The number of anilines is 3. The molecule has 0 aromatic heterocycles. The summed E-state index contributed by atoms with van der Waals surface area (Å²) in [6.45, 7) is 24.0. The summed E-state index contributed by atoms with van der Waals surface area (Å²) in [6.07, 6.45) is 3.71. The maximum absolute atomic E-state index is 14.9. The molecule has 0 bridgehead atoms. The van der Waals surface area contributed by atoms with Crippen LogP contribution in [0.25, 0.3) is 16.7 Å². The van der Waals surface area contributed by atoms with E-state index in [1.165, 1.54) is 16.9 Å². The van der Waals surface area contributed by atoms with Crippen molar-refractivity contribution < 1.29 is 62.0 Å². The standard InChI is InChI=1S/C72H88N6O13Si2/c1-44(2)66(74-72(85)91-41-57-53-20-15-13-18-51(53)52-19-14-16-21-54(52)57)62(79)34-47(5)67(80)73-50-24-22-48(23-25-50)49-35-61-71(84)77(42-87-28-30-92(7,8)9)58-37-63(46(4)33-55(58)68(81)76(61)40-49)89-26-17-27-90-65-38-59-56(36-64(65)86-6)69(82)75-39-45(3)32-60(75)70(83)78(59)43-88-29-31-93(10,11)12/h13-16,18-25,33,36-40,44,47,57,60-61,66H,17,26-32,34-35,41-43H2,1-12H3,(H,73,80)(H,74,85)/t47-,60+,61+,66+/m1/s1. The number of methoxy groups -OCH3 is 1. The minimum Gasteiger partial charge on any atom is -0.493 e. The summed E-state index contributed by atoms with van der Waals surface area (Å²) in [4.78, 5) is 105. The molecule has 4 heterocycles. The molecule has 0 saturated heterocycles. The van der Waals surface area contributed by atoms with Gasteiger partial charge in [0.05, 0.1) is 48.9 Å². The first-order valence-electron chi connectivity index (χ1n) is 32.3. The number of carbonyl (C=O) groups excluding carboxylic acids is 7. The van der Waals surface area contributed by atoms with Crippen molar-refractivity contribution in [2.45, 2.75) is 136 Å². The molecule has 0 unspecified atom stereocenters. The van der Waals surface area contributed by atoms with Crippen molar-refractivity contribution in [3.8, 4) is 28.4 Å². The molecule has 0 saturated carbocycles. The van der Waals surface area contributed by atoms with Crippen LogP contribution < -0.4 is 34.6 Å². The molecule has 0 fully saturated rings. The topological polar surface area (TPSA) is 212 Å². The number of hydrogen-bond acceptors (Lipinski definition) is 13. The molecule has 2 N–H and O–H groups in total. The van der Waals surface area contributed by atoms with Gasteiger partial charge in [-0.3, -0.25) is 38.6 Å². The minimum atomic E-state index is -1.51. The molecule has 21 heteroatoms. The fourth-order valence-electron chi connectivity index (χ4n) is 12.4. The number of alkyl carbamates (subject to hydrolysis) is 1. The van der Waals surface area contributed by atoms with Gasteiger partial charge in [-0.05, 0) is 101 Å². The van der Waals surface area contributed by atoms with Crippen molar-refractivity contribution in [2.24, 2.45) is 11.8 Å². The van der Waals surface area contributed by atoms with E-state index in [2.05, 4.69) is 62.0 Å². The molecule has 10 rings (SSSR count). The van der Waals surface area contributed by atoms with E-state index in [9.17, 15) is 33.6 Å². The number of carbonyl (C=O) groups is 7. The number of nitrogens with zero attached hydrogens (tertiary/aromatic N) is 4. The highest BCUT2D eigenvalue weighted by Crippen LogP contribution is 2.46. The van der Waals surface area contributed by atoms with Crippen LogP contribution in [-0.2, 0) is 33.4 Å². The van der Waals surface area contributed by atoms with Crippen molar-refractivity contribution >= 4 is 80.2 Å². The first-order chi connectivity index (χ1) is 44.3. The van der Waals surface area contributed by atoms with Gasteiger partial charge in [0.15, 0.2) is 17.3 Å². The number of Topliss-reactive ketones (excluding diaryl/α,β-unsaturated/α-hetero) is 1. The van der Waals surface area contributed by atoms with Gasteiger partial charge in [0, 0.05) is 90.7 Å². The lowest BCUT2D eigenvalue weighted by Gasteiger charge is -2.27. The summed E-state index contributed by atoms with van der Waals surface area (Å²) in [5, 5.41) is 5.71. The second-order valence-electron chi connectivity index (χ2n) is 27.8. The van der Waals surface area contributed by atoms with Crippen LogP contribution in [0.4, 0.5) is 21.9 Å². The monoisotopic (exact) mass is 1300 g/mol. The number of rotatable bonds is 27. The van der Waals surface area contributed by atoms with E-state index in [1.807, 2.05) is 76.2 Å². The Hall–Kier alpha value is -8.38. The molecule has 19 nitrogen and oxygen atoms in total. The lowest BCUT2D eigenvalue weighted by molar-refractivity contribution is -0.127. The van der Waals surface area contributed by atoms with E-state index in [0.717, 1.165) is 51.1 Å². The number of benzene rings is 5. The number of aryl methyl sites for hydroxylation is 1. The van der Waals surface area contributed by atoms with Gasteiger partial charge in [0.25, 0.3) is 23.6 Å². The fourth-order valence-corrected chi connectivity index (χ4v) is 13.9. The molecule has 0 radical (unpaired) electrons. The SMILES string of the molecule is COc1cc2c(cc1OCCCOc1cc3c(cc1C)C(=O)N1C=C(c4ccc(NC(=O)[C@H](C)CC(=O)[C@@H](NC(=O)OCC5c6ccccc6-c6ccccc65)C(C)C)cc4)C[C@H]1C(=O)N3COCC[Si](C)(C)C)N(COCC[Si](C)(C)C)C(=O)[C@@H]1CC(C)=CN1C2=O. The lowest BCUT2D eigenvalue weighted by Crippen LogP contribution is -2.45. The van der Waals surface area contributed by atoms with E-state index >= 15 is 0 Å². The van der Waals surface area contributed by atoms with Crippen LogP contribution in [-0.4, -0.2) is 139 Å². The highest BCUT2D eigenvalue weighted by atomic mass is 28.3. The van der Waals surface area contributed by atoms with Gasteiger partial charge in [-0.15, -0.1) is 0 Å². The van der Waals surface area contributed by atoms with Gasteiger partial charge in [-0.1, -0.05) is 126 Å². The number of nitrogens with one attached hydrogen (secondary N) is 2. The molecule has 5 aliphatic rings. The fraction of sp³-hybridized carbons (Fsp3) is 0.431. The summed E-state index contributed by atoms with van der Waals surface area (Å²) in [6, 6.07) is 29.4. The summed E-state index contributed by atoms with van der Waals surface area (Å²) < 4.78 is 36.6. The average molecular weight is 1300 g/mol. The lowest BCUT2D eigenvalue weighted by atomic mass is 9.93. The number of fused-ring (bicyclic) bond motifs is 7. The molecular weight excluding hydrogens is 1210 g/mol. The molecular formula is C72H88N6O13Si2. The zero-order valence-electron chi connectivity index (χ0n) is 55.6. The average Bonchev–Trinajstić information content (AvgIpc) is 1.65. The molecule has 492 valence electrons. The van der Waals surface area contributed by atoms with Crippen LogP contribution in [0.1, 0.15) is 102 Å². The predicted molar refractivity (Wildman–Crippen MR) is 364 cm³/mol. The highest BCUT2D eigenvalue weighted by molar-refractivity contribution is 6.76. The van der Waals surface area contributed by atoms with Crippen LogP contribution in [0.3, 0.4) is 0 Å². The Morgan fingerprint density at radius 1 is 0.624 bits per heavy atom. The zero-order valence-corrected chi connectivity index (χ0v) is 57.6. The molecule has 5 aromatic rings. The summed E-state index contributed by atoms with van der Waals surface area (Å²) in [5.41, 5.74) is 9.37. The summed E-state index contributed by atoms with van der Waals surface area (Å²) in [5.74, 6) is -1.86. The summed E-state index contributed by atoms with van der Waals surface area (Å²) in [7, 11) is -1.43. The van der Waals surface area contributed by atoms with Crippen LogP contribution >= 0.6 is 0 Å². The first-order valence-corrected chi connectivity index (χ1v) is 39.7. The van der Waals surface area contributed by atoms with Crippen LogP contribution in [0.2, 0.25) is 51.4 Å². The quantitative estimate of drug-likeness (QED) is 0.0370. The second kappa shape index (κ2) is 28.5. The largest absolute Gasteiger partial charge is 0.493 e. The Morgan fingerprint density at radius 3 is 1.73 bits per heavy atom. The van der Waals surface area contributed by atoms with E-state index in [0.29, 0.717) is 77.1 Å². The molecule has 4 aliphatic heterocycles. The molecule has 4 atom stereocenters. The molecule has 0 spiro atoms. The maximum Gasteiger partial charge on any atom is 0.407 e. The van der Waals surface area contributed by atoms with Crippen LogP contribution in [0, 0.1) is 18.8 Å². The molecule has 1 aliphatic carbocycles. The number of ketones is 1. The minimum absolute atomic E-state index is 0.0214. The normalized spacial score (nSPS) is 17.5. The van der Waals surface area contributed by atoms with Gasteiger partial charge in [-0.25, -0.2) is 4.79 Å². The van der Waals surface area contributed by atoms with E-state index in [-0.39, 0.29) is 93.3 Å². The third kappa shape index (κ3) is 15.3. The Labute approximate surface area is 547 Å². The molecule has 6 amide bonds. The van der Waals surface area contributed by atoms with Gasteiger partial charge >= 0.3 is 6.09 Å². The predicted octanol–water partition coefficient (Wildman–Crippen LogP) is 12.6. The summed E-state index contributed by atoms with van der Waals surface area (Å²) >= 11 is 0. The first kappa shape index (κ1) is 67.5. The Balaban J connectivity index is 0.773. The number of hydrogen-bond donors (Lipinski definition) is 2. The van der Waals surface area contributed by atoms with E-state index < -0.39 is 46.3 Å². The van der Waals surface area contributed by atoms with Gasteiger partial charge in [0.1, 0.15) is 37.9 Å². The maximum atomic E-state index is 14.9.